The molecule has 0 saturated heterocycles. The van der Waals surface area contributed by atoms with Crippen LogP contribution in [0.15, 0.2) is 149 Å². The minimum Gasteiger partial charge on any atom is -0.464 e. The third-order valence-corrected chi connectivity index (χ3v) is 7.83. The minimum absolute atomic E-state index is 0.800. The van der Waals surface area contributed by atoms with Crippen molar-refractivity contribution >= 4 is 22.0 Å². The molecule has 0 aliphatic rings. The summed E-state index contributed by atoms with van der Waals surface area (Å²) in [5, 5.41) is 0.982. The van der Waals surface area contributed by atoms with Crippen LogP contribution in [0.25, 0.3) is 72.7 Å². The first-order chi connectivity index (χ1) is 20.7. The monoisotopic (exact) mass is 542 g/mol. The predicted octanol–water partition coefficient (Wildman–Crippen LogP) is 10.3. The van der Waals surface area contributed by atoms with Crippen LogP contribution in [0.4, 0.5) is 0 Å². The van der Waals surface area contributed by atoms with Crippen LogP contribution in [-0.4, -0.2) is 9.55 Å². The molecule has 8 aromatic rings. The maximum atomic E-state index is 6.13. The molecule has 0 radical (unpaired) electrons. The number of benzene rings is 5. The van der Waals surface area contributed by atoms with Crippen LogP contribution >= 0.6 is 0 Å². The molecule has 0 spiro atoms. The lowest BCUT2D eigenvalue weighted by Gasteiger charge is -2.20. The van der Waals surface area contributed by atoms with E-state index in [2.05, 4.69) is 109 Å². The molecule has 0 aliphatic carbocycles. The highest BCUT2D eigenvalue weighted by Gasteiger charge is 2.24. The summed E-state index contributed by atoms with van der Waals surface area (Å²) >= 11 is 0. The highest BCUT2D eigenvalue weighted by molar-refractivity contribution is 5.99. The van der Waals surface area contributed by atoms with Crippen molar-refractivity contribution in [3.8, 4) is 50.7 Å². The van der Waals surface area contributed by atoms with E-state index in [1.54, 1.807) is 6.26 Å². The van der Waals surface area contributed by atoms with Gasteiger partial charge in [0, 0.05) is 22.1 Å². The second-order valence-electron chi connectivity index (χ2n) is 10.5. The van der Waals surface area contributed by atoms with E-state index in [1.165, 1.54) is 5.56 Å². The summed E-state index contributed by atoms with van der Waals surface area (Å²) in [7, 11) is 0. The molecule has 4 nitrogen and oxygen atoms in total. The van der Waals surface area contributed by atoms with Gasteiger partial charge in [-0.25, -0.2) is 4.98 Å². The number of imidazole rings is 1. The summed E-state index contributed by atoms with van der Waals surface area (Å²) in [4.78, 5) is 5.25. The zero-order valence-corrected chi connectivity index (χ0v) is 23.0. The van der Waals surface area contributed by atoms with E-state index in [1.807, 2.05) is 36.6 Å². The van der Waals surface area contributed by atoms with Crippen LogP contribution in [0, 0.1) is 6.92 Å². The van der Waals surface area contributed by atoms with Crippen molar-refractivity contribution in [3.05, 3.63) is 145 Å². The molecule has 8 rings (SSSR count). The predicted molar refractivity (Wildman–Crippen MR) is 170 cm³/mol. The third-order valence-electron chi connectivity index (χ3n) is 7.83. The van der Waals surface area contributed by atoms with Gasteiger partial charge < -0.3 is 8.83 Å². The lowest BCUT2D eigenvalue weighted by molar-refractivity contribution is 0.582. The highest BCUT2D eigenvalue weighted by Crippen LogP contribution is 2.43. The Labute approximate surface area is 243 Å². The molecule has 0 atom stereocenters. The van der Waals surface area contributed by atoms with Gasteiger partial charge in [0.25, 0.3) is 0 Å². The average molecular weight is 543 g/mol. The van der Waals surface area contributed by atoms with Gasteiger partial charge in [-0.05, 0) is 78.2 Å². The normalized spacial score (nSPS) is 11.5. The fourth-order valence-corrected chi connectivity index (χ4v) is 5.93. The Morgan fingerprint density at radius 3 is 1.98 bits per heavy atom. The van der Waals surface area contributed by atoms with Gasteiger partial charge in [0.15, 0.2) is 0 Å². The maximum absolute atomic E-state index is 6.13. The number of furan rings is 2. The third kappa shape index (κ3) is 3.96. The van der Waals surface area contributed by atoms with Crippen molar-refractivity contribution in [1.29, 1.82) is 0 Å². The van der Waals surface area contributed by atoms with Crippen molar-refractivity contribution in [2.24, 2.45) is 0 Å². The second-order valence-corrected chi connectivity index (χ2v) is 10.5. The first-order valence-electron chi connectivity index (χ1n) is 14.0. The van der Waals surface area contributed by atoms with Crippen molar-refractivity contribution in [2.75, 3.05) is 0 Å². The molecular weight excluding hydrogens is 516 g/mol. The Kier molecular flexibility index (Phi) is 5.64. The molecule has 0 unspecified atom stereocenters. The van der Waals surface area contributed by atoms with Crippen molar-refractivity contribution in [3.63, 3.8) is 0 Å². The summed E-state index contributed by atoms with van der Waals surface area (Å²) in [5.41, 5.74) is 11.5. The number of hydrogen-bond donors (Lipinski definition) is 0. The summed E-state index contributed by atoms with van der Waals surface area (Å²) in [5.74, 6) is 1.64. The van der Waals surface area contributed by atoms with E-state index >= 15 is 0 Å². The highest BCUT2D eigenvalue weighted by atomic mass is 16.3. The Balaban J connectivity index is 1.49. The minimum atomic E-state index is 0.800. The number of para-hydroxylation sites is 2. The number of fused-ring (bicyclic) bond motifs is 2. The molecule has 200 valence electrons. The zero-order valence-electron chi connectivity index (χ0n) is 23.0. The van der Waals surface area contributed by atoms with Crippen LogP contribution in [0.2, 0.25) is 0 Å². The molecule has 0 bridgehead atoms. The maximum Gasteiger partial charge on any atom is 0.149 e. The number of aromatic nitrogens is 2. The quantitative estimate of drug-likeness (QED) is 0.217. The Bertz CT molecular complexity index is 2130. The van der Waals surface area contributed by atoms with Gasteiger partial charge in [0.2, 0.25) is 0 Å². The van der Waals surface area contributed by atoms with Gasteiger partial charge in [-0.2, -0.15) is 0 Å². The van der Waals surface area contributed by atoms with Gasteiger partial charge in [0.05, 0.1) is 28.5 Å². The van der Waals surface area contributed by atoms with Gasteiger partial charge >= 0.3 is 0 Å². The molecule has 0 N–H and O–H groups in total. The lowest BCUT2D eigenvalue weighted by Crippen LogP contribution is -2.03. The SMILES string of the molecule is Cc1cc(-c2ccccc2)c(-n2c(-c3coc4ccc(-c5ccco5)cc34)nc3ccccc32)c(-c2ccccc2)c1. The van der Waals surface area contributed by atoms with Crippen LogP contribution in [-0.2, 0) is 0 Å². The number of hydrogen-bond acceptors (Lipinski definition) is 3. The summed E-state index contributed by atoms with van der Waals surface area (Å²) < 4.78 is 14.2. The molecular formula is C38H26N2O2. The molecule has 0 amide bonds. The molecule has 0 fully saturated rings. The Hall–Kier alpha value is -5.61. The van der Waals surface area contributed by atoms with E-state index in [-0.39, 0.29) is 0 Å². The van der Waals surface area contributed by atoms with Gasteiger partial charge in [-0.1, -0.05) is 72.8 Å². The van der Waals surface area contributed by atoms with Crippen LogP contribution in [0.1, 0.15) is 5.56 Å². The lowest BCUT2D eigenvalue weighted by atomic mass is 9.93. The van der Waals surface area contributed by atoms with E-state index in [0.717, 1.165) is 72.7 Å². The molecule has 3 heterocycles. The largest absolute Gasteiger partial charge is 0.464 e. The fraction of sp³-hybridized carbons (Fsp3) is 0.0263. The smallest absolute Gasteiger partial charge is 0.149 e. The van der Waals surface area contributed by atoms with Crippen molar-refractivity contribution in [2.45, 2.75) is 6.92 Å². The molecule has 0 aliphatic heterocycles. The van der Waals surface area contributed by atoms with Crippen LogP contribution in [0.3, 0.4) is 0 Å². The first-order valence-corrected chi connectivity index (χ1v) is 14.0. The summed E-state index contributed by atoms with van der Waals surface area (Å²) in [6, 6.07) is 44.1. The van der Waals surface area contributed by atoms with Crippen LogP contribution in [0.5, 0.6) is 0 Å². The van der Waals surface area contributed by atoms with Crippen LogP contribution < -0.4 is 0 Å². The zero-order chi connectivity index (χ0) is 28.0. The van der Waals surface area contributed by atoms with E-state index in [0.29, 0.717) is 0 Å². The van der Waals surface area contributed by atoms with Crippen molar-refractivity contribution in [1.82, 2.24) is 9.55 Å². The second kappa shape index (κ2) is 9.79. The van der Waals surface area contributed by atoms with E-state index in [4.69, 9.17) is 13.8 Å². The number of nitrogens with zero attached hydrogens (tertiary/aromatic N) is 2. The Morgan fingerprint density at radius 2 is 1.29 bits per heavy atom. The number of rotatable bonds is 5. The Morgan fingerprint density at radius 1 is 0.595 bits per heavy atom. The first kappa shape index (κ1) is 24.2. The van der Waals surface area contributed by atoms with E-state index < -0.39 is 0 Å². The summed E-state index contributed by atoms with van der Waals surface area (Å²) in [6.45, 7) is 2.16. The van der Waals surface area contributed by atoms with Gasteiger partial charge in [0.1, 0.15) is 23.4 Å². The summed E-state index contributed by atoms with van der Waals surface area (Å²) in [6.07, 6.45) is 3.52. The fourth-order valence-electron chi connectivity index (χ4n) is 5.93. The topological polar surface area (TPSA) is 44.1 Å². The van der Waals surface area contributed by atoms with E-state index in [9.17, 15) is 0 Å². The van der Waals surface area contributed by atoms with Gasteiger partial charge in [-0.3, -0.25) is 4.57 Å². The molecule has 0 saturated carbocycles. The molecule has 3 aromatic heterocycles. The molecule has 4 heteroatoms. The molecule has 42 heavy (non-hydrogen) atoms. The number of aryl methyl sites for hydroxylation is 1. The average Bonchev–Trinajstić information content (AvgIpc) is 3.80. The standard InChI is InChI=1S/C38H26N2O2/c1-25-21-29(26-11-4-2-5-12-26)37(30(22-25)27-13-6-3-7-14-27)40-34-16-9-8-15-33(34)39-38(40)32-24-42-36-19-18-28(23-31(32)36)35-17-10-20-41-35/h2-24H,1H3. The molecule has 5 aromatic carbocycles. The van der Waals surface area contributed by atoms with Crippen molar-refractivity contribution < 1.29 is 8.83 Å². The van der Waals surface area contributed by atoms with Gasteiger partial charge in [-0.15, -0.1) is 0 Å².